The Morgan fingerprint density at radius 2 is 2.21 bits per heavy atom. The lowest BCUT2D eigenvalue weighted by Gasteiger charge is -2.08. The van der Waals surface area contributed by atoms with E-state index in [1.54, 1.807) is 24.3 Å². The molecule has 5 heteroatoms. The molecule has 0 aliphatic carbocycles. The van der Waals surface area contributed by atoms with Gasteiger partial charge in [-0.25, -0.2) is 4.79 Å². The van der Waals surface area contributed by atoms with Crippen LogP contribution in [0.2, 0.25) is 0 Å². The molecular formula is C9H6BrF2NO. The second kappa shape index (κ2) is 4.44. The van der Waals surface area contributed by atoms with E-state index in [0.29, 0.717) is 10.0 Å². The number of nitrogens with zero attached hydrogens (tertiary/aromatic N) is 1. The minimum absolute atomic E-state index is 0.406. The second-order valence-electron chi connectivity index (χ2n) is 2.68. The van der Waals surface area contributed by atoms with Crippen LogP contribution < -0.4 is 0 Å². The fourth-order valence-electron chi connectivity index (χ4n) is 0.999. The Kier molecular flexibility index (Phi) is 3.49. The average Bonchev–Trinajstić information content (AvgIpc) is 2.02. The number of rotatable bonds is 3. The van der Waals surface area contributed by atoms with Crippen LogP contribution in [0.15, 0.2) is 33.7 Å². The lowest BCUT2D eigenvalue weighted by atomic mass is 10.1. The van der Waals surface area contributed by atoms with Gasteiger partial charge in [-0.3, -0.25) is 0 Å². The third-order valence-corrected chi connectivity index (χ3v) is 2.01. The van der Waals surface area contributed by atoms with Crippen molar-refractivity contribution in [3.63, 3.8) is 0 Å². The fraction of sp³-hybridized carbons (Fsp3) is 0.222. The van der Waals surface area contributed by atoms with E-state index >= 15 is 0 Å². The van der Waals surface area contributed by atoms with E-state index in [1.165, 1.54) is 0 Å². The van der Waals surface area contributed by atoms with Crippen molar-refractivity contribution >= 4 is 22.0 Å². The van der Waals surface area contributed by atoms with Crippen LogP contribution in [0, 0.1) is 0 Å². The molecule has 0 spiro atoms. The number of alkyl halides is 2. The third-order valence-electron chi connectivity index (χ3n) is 1.52. The molecule has 1 aromatic rings. The maximum Gasteiger partial charge on any atom is 0.355 e. The van der Waals surface area contributed by atoms with Crippen LogP contribution in [0.3, 0.4) is 0 Å². The molecule has 0 aliphatic rings. The van der Waals surface area contributed by atoms with Gasteiger partial charge in [0, 0.05) is 4.47 Å². The summed E-state index contributed by atoms with van der Waals surface area (Å²) < 4.78 is 26.3. The number of carbonyl (C=O) groups excluding carboxylic acids is 1. The van der Waals surface area contributed by atoms with Crippen molar-refractivity contribution in [2.24, 2.45) is 4.99 Å². The first-order valence-corrected chi connectivity index (χ1v) is 4.54. The molecular weight excluding hydrogens is 256 g/mol. The monoisotopic (exact) mass is 261 g/mol. The van der Waals surface area contributed by atoms with E-state index in [4.69, 9.17) is 0 Å². The van der Waals surface area contributed by atoms with Gasteiger partial charge in [0.05, 0.1) is 6.42 Å². The predicted molar refractivity (Wildman–Crippen MR) is 50.9 cm³/mol. The Balaban J connectivity index is 2.83. The zero-order valence-electron chi connectivity index (χ0n) is 7.01. The Labute approximate surface area is 87.8 Å². The number of hydrogen-bond donors (Lipinski definition) is 0. The molecule has 74 valence electrons. The smallest absolute Gasteiger partial charge is 0.211 e. The van der Waals surface area contributed by atoms with E-state index in [2.05, 4.69) is 20.9 Å². The number of halogens is 3. The van der Waals surface area contributed by atoms with E-state index in [0.717, 1.165) is 6.08 Å². The first-order valence-electron chi connectivity index (χ1n) is 3.75. The highest BCUT2D eigenvalue weighted by Gasteiger charge is 2.28. The van der Waals surface area contributed by atoms with Crippen LogP contribution >= 0.6 is 15.9 Å². The molecule has 0 radical (unpaired) electrons. The summed E-state index contributed by atoms with van der Waals surface area (Å²) in [6.45, 7) is 0. The minimum Gasteiger partial charge on any atom is -0.211 e. The summed E-state index contributed by atoms with van der Waals surface area (Å²) in [5, 5.41) is 0. The van der Waals surface area contributed by atoms with Gasteiger partial charge in [-0.05, 0) is 17.7 Å². The summed E-state index contributed by atoms with van der Waals surface area (Å²) in [6.07, 6.45) is 0.261. The van der Waals surface area contributed by atoms with Crippen LogP contribution in [0.1, 0.15) is 5.56 Å². The Morgan fingerprint density at radius 3 is 2.79 bits per heavy atom. The van der Waals surface area contributed by atoms with Crippen LogP contribution in [-0.4, -0.2) is 12.1 Å². The van der Waals surface area contributed by atoms with Gasteiger partial charge in [0.1, 0.15) is 0 Å². The molecule has 0 bridgehead atoms. The van der Waals surface area contributed by atoms with Crippen molar-refractivity contribution in [3.05, 3.63) is 34.3 Å². The molecule has 14 heavy (non-hydrogen) atoms. The van der Waals surface area contributed by atoms with Crippen molar-refractivity contribution in [1.82, 2.24) is 0 Å². The first-order chi connectivity index (χ1) is 6.53. The highest BCUT2D eigenvalue weighted by Crippen LogP contribution is 2.22. The van der Waals surface area contributed by atoms with Gasteiger partial charge >= 0.3 is 6.05 Å². The van der Waals surface area contributed by atoms with Gasteiger partial charge in [-0.15, -0.1) is 4.99 Å². The molecule has 2 nitrogen and oxygen atoms in total. The van der Waals surface area contributed by atoms with E-state index in [9.17, 15) is 13.6 Å². The molecule has 0 amide bonds. The van der Waals surface area contributed by atoms with E-state index in [1.807, 2.05) is 0 Å². The maximum absolute atomic E-state index is 12.8. The summed E-state index contributed by atoms with van der Waals surface area (Å²) in [6, 6.07) is 3.08. The first kappa shape index (κ1) is 11.0. The van der Waals surface area contributed by atoms with Gasteiger partial charge in [-0.2, -0.15) is 8.78 Å². The number of isocyanates is 1. The van der Waals surface area contributed by atoms with Crippen LogP contribution in [0.5, 0.6) is 0 Å². The van der Waals surface area contributed by atoms with Gasteiger partial charge in [0.2, 0.25) is 6.08 Å². The van der Waals surface area contributed by atoms with Crippen LogP contribution in [0.4, 0.5) is 8.78 Å². The van der Waals surface area contributed by atoms with E-state index in [-0.39, 0.29) is 0 Å². The molecule has 1 aromatic carbocycles. The third kappa shape index (κ3) is 3.36. The number of hydrogen-bond acceptors (Lipinski definition) is 2. The molecule has 0 aliphatic heterocycles. The molecule has 1 rings (SSSR count). The SMILES string of the molecule is O=C=NC(F)(F)Cc1cccc(Br)c1. The molecule has 0 heterocycles. The van der Waals surface area contributed by atoms with E-state index < -0.39 is 12.5 Å². The minimum atomic E-state index is -3.37. The highest BCUT2D eigenvalue weighted by molar-refractivity contribution is 9.10. The number of aliphatic imine (C=N–C) groups is 1. The predicted octanol–water partition coefficient (Wildman–Crippen LogP) is 2.92. The summed E-state index contributed by atoms with van der Waals surface area (Å²) in [5.41, 5.74) is 0.406. The molecule has 0 atom stereocenters. The van der Waals surface area contributed by atoms with Gasteiger partial charge in [0.25, 0.3) is 0 Å². The van der Waals surface area contributed by atoms with Crippen molar-refractivity contribution in [2.75, 3.05) is 0 Å². The Bertz CT molecular complexity index is 375. The van der Waals surface area contributed by atoms with Gasteiger partial charge in [0.15, 0.2) is 0 Å². The van der Waals surface area contributed by atoms with Crippen molar-refractivity contribution in [1.29, 1.82) is 0 Å². The quantitative estimate of drug-likeness (QED) is 0.468. The Morgan fingerprint density at radius 1 is 1.50 bits per heavy atom. The van der Waals surface area contributed by atoms with Crippen molar-refractivity contribution in [3.8, 4) is 0 Å². The molecule has 0 saturated carbocycles. The normalized spacial score (nSPS) is 10.8. The largest absolute Gasteiger partial charge is 0.355 e. The lowest BCUT2D eigenvalue weighted by Crippen LogP contribution is -2.15. The second-order valence-corrected chi connectivity index (χ2v) is 3.59. The Hall–Kier alpha value is -1.06. The molecule has 0 fully saturated rings. The van der Waals surface area contributed by atoms with Crippen LogP contribution in [-0.2, 0) is 11.2 Å². The summed E-state index contributed by atoms with van der Waals surface area (Å²) in [7, 11) is 0. The average molecular weight is 262 g/mol. The summed E-state index contributed by atoms with van der Waals surface area (Å²) >= 11 is 3.16. The highest BCUT2D eigenvalue weighted by atomic mass is 79.9. The molecule has 0 aromatic heterocycles. The zero-order valence-corrected chi connectivity index (χ0v) is 8.59. The fourth-order valence-corrected chi connectivity index (χ4v) is 1.45. The van der Waals surface area contributed by atoms with Crippen molar-refractivity contribution in [2.45, 2.75) is 12.5 Å². The standard InChI is InChI=1S/C9H6BrF2NO/c10-8-3-1-2-7(4-8)5-9(11,12)13-6-14/h1-4H,5H2. The van der Waals surface area contributed by atoms with Gasteiger partial charge in [-0.1, -0.05) is 28.1 Å². The lowest BCUT2D eigenvalue weighted by molar-refractivity contribution is 0.0118. The molecule has 0 unspecified atom stereocenters. The maximum atomic E-state index is 12.8. The number of benzene rings is 1. The topological polar surface area (TPSA) is 29.4 Å². The molecule has 0 N–H and O–H groups in total. The summed E-state index contributed by atoms with van der Waals surface area (Å²) in [5.74, 6) is 0. The van der Waals surface area contributed by atoms with Crippen LogP contribution in [0.25, 0.3) is 0 Å². The zero-order chi connectivity index (χ0) is 10.6. The van der Waals surface area contributed by atoms with Crippen molar-refractivity contribution < 1.29 is 13.6 Å². The van der Waals surface area contributed by atoms with Gasteiger partial charge < -0.3 is 0 Å². The summed E-state index contributed by atoms with van der Waals surface area (Å²) in [4.78, 5) is 12.1. The molecule has 0 saturated heterocycles.